The fraction of sp³-hybridized carbons (Fsp3) is 0.929. The van der Waals surface area contributed by atoms with Crippen molar-refractivity contribution in [3.05, 3.63) is 0 Å². The third-order valence-electron chi connectivity index (χ3n) is 4.37. The average molecular weight is 270 g/mol. The molecule has 0 saturated carbocycles. The van der Waals surface area contributed by atoms with Crippen molar-refractivity contribution in [2.24, 2.45) is 0 Å². The van der Waals surface area contributed by atoms with Crippen LogP contribution in [-0.4, -0.2) is 67.9 Å². The van der Waals surface area contributed by atoms with Gasteiger partial charge in [0.05, 0.1) is 6.61 Å². The number of carbonyl (C=O) groups is 1. The Morgan fingerprint density at radius 1 is 1.42 bits per heavy atom. The van der Waals surface area contributed by atoms with Crippen molar-refractivity contribution in [2.75, 3.05) is 40.5 Å². The molecule has 0 bridgehead atoms. The van der Waals surface area contributed by atoms with Gasteiger partial charge in [0.1, 0.15) is 6.61 Å². The van der Waals surface area contributed by atoms with Crippen molar-refractivity contribution in [3.63, 3.8) is 0 Å². The van der Waals surface area contributed by atoms with Crippen LogP contribution in [0.5, 0.6) is 0 Å². The van der Waals surface area contributed by atoms with E-state index in [9.17, 15) is 4.79 Å². The molecule has 2 atom stereocenters. The van der Waals surface area contributed by atoms with E-state index in [1.165, 1.54) is 17.7 Å². The first-order chi connectivity index (χ1) is 9.09. The van der Waals surface area contributed by atoms with Gasteiger partial charge in [0, 0.05) is 32.3 Å². The molecule has 0 radical (unpaired) electrons. The zero-order chi connectivity index (χ0) is 13.9. The van der Waals surface area contributed by atoms with Crippen molar-refractivity contribution in [2.45, 2.75) is 44.2 Å². The van der Waals surface area contributed by atoms with Gasteiger partial charge in [0.25, 0.3) is 0 Å². The van der Waals surface area contributed by atoms with Gasteiger partial charge in [-0.1, -0.05) is 0 Å². The van der Waals surface area contributed by atoms with Crippen LogP contribution in [0.1, 0.15) is 32.6 Å². The van der Waals surface area contributed by atoms with Crippen molar-refractivity contribution in [3.8, 4) is 0 Å². The summed E-state index contributed by atoms with van der Waals surface area (Å²) in [5.41, 5.74) is 0.213. The summed E-state index contributed by atoms with van der Waals surface area (Å²) in [6.45, 7) is 5.25. The lowest BCUT2D eigenvalue weighted by molar-refractivity contribution is 0.0154. The molecule has 110 valence electrons. The van der Waals surface area contributed by atoms with Crippen LogP contribution < -0.4 is 0 Å². The van der Waals surface area contributed by atoms with E-state index in [1.807, 2.05) is 6.92 Å². The van der Waals surface area contributed by atoms with Crippen molar-refractivity contribution in [1.82, 2.24) is 9.80 Å². The summed E-state index contributed by atoms with van der Waals surface area (Å²) in [6.07, 6.45) is 4.46. The smallest absolute Gasteiger partial charge is 0.409 e. The number of carbonyl (C=O) groups excluding carboxylic acids is 1. The Morgan fingerprint density at radius 3 is 2.89 bits per heavy atom. The normalized spacial score (nSPS) is 30.4. The lowest BCUT2D eigenvalue weighted by Crippen LogP contribution is -2.47. The molecule has 0 aromatic rings. The van der Waals surface area contributed by atoms with E-state index in [1.54, 1.807) is 14.1 Å². The minimum absolute atomic E-state index is 0.213. The summed E-state index contributed by atoms with van der Waals surface area (Å²) in [7, 11) is 3.43. The van der Waals surface area contributed by atoms with Crippen molar-refractivity contribution >= 4 is 6.09 Å². The molecule has 0 N–H and O–H groups in total. The molecule has 0 aromatic carbocycles. The van der Waals surface area contributed by atoms with Gasteiger partial charge in [-0.2, -0.15) is 0 Å². The SMILES string of the molecule is CCOC[C@]12CCCN1[C@@H](COC(=O)N(C)C)CC2. The highest BCUT2D eigenvalue weighted by Gasteiger charge is 2.49. The maximum absolute atomic E-state index is 11.5. The van der Waals surface area contributed by atoms with Crippen LogP contribution in [0, 0.1) is 0 Å². The maximum atomic E-state index is 11.5. The molecule has 1 amide bonds. The Bertz CT molecular complexity index is 322. The number of nitrogens with zero attached hydrogens (tertiary/aromatic N) is 2. The van der Waals surface area contributed by atoms with E-state index in [4.69, 9.17) is 9.47 Å². The molecular formula is C14H26N2O3. The summed E-state index contributed by atoms with van der Waals surface area (Å²) in [4.78, 5) is 15.5. The summed E-state index contributed by atoms with van der Waals surface area (Å²) < 4.78 is 11.0. The summed E-state index contributed by atoms with van der Waals surface area (Å²) in [6, 6.07) is 0.367. The van der Waals surface area contributed by atoms with Crippen LogP contribution in [0.3, 0.4) is 0 Å². The van der Waals surface area contributed by atoms with E-state index < -0.39 is 0 Å². The predicted octanol–water partition coefficient (Wildman–Crippen LogP) is 1.72. The number of ether oxygens (including phenoxy) is 2. The number of hydrogen-bond acceptors (Lipinski definition) is 4. The number of rotatable bonds is 5. The highest BCUT2D eigenvalue weighted by Crippen LogP contribution is 2.42. The molecule has 2 aliphatic heterocycles. The Labute approximate surface area is 115 Å². The Hall–Kier alpha value is -0.810. The molecule has 0 unspecified atom stereocenters. The zero-order valence-electron chi connectivity index (χ0n) is 12.4. The molecule has 0 spiro atoms. The molecule has 2 fully saturated rings. The zero-order valence-corrected chi connectivity index (χ0v) is 12.4. The fourth-order valence-corrected chi connectivity index (χ4v) is 3.38. The van der Waals surface area contributed by atoms with Crippen molar-refractivity contribution in [1.29, 1.82) is 0 Å². The minimum Gasteiger partial charge on any atom is -0.448 e. The standard InChI is InChI=1S/C14H26N2O3/c1-4-18-11-14-7-5-9-16(14)12(6-8-14)10-19-13(17)15(2)3/h12H,4-11H2,1-3H3/t12-,14-/m1/s1. The quantitative estimate of drug-likeness (QED) is 0.763. The van der Waals surface area contributed by atoms with Gasteiger partial charge in [-0.05, 0) is 39.2 Å². The monoisotopic (exact) mass is 270 g/mol. The molecule has 5 nitrogen and oxygen atoms in total. The largest absolute Gasteiger partial charge is 0.448 e. The second kappa shape index (κ2) is 6.09. The molecule has 2 aliphatic rings. The van der Waals surface area contributed by atoms with Gasteiger partial charge < -0.3 is 14.4 Å². The Kier molecular flexibility index (Phi) is 4.68. The van der Waals surface area contributed by atoms with Crippen LogP contribution >= 0.6 is 0 Å². The summed E-state index contributed by atoms with van der Waals surface area (Å²) >= 11 is 0. The van der Waals surface area contributed by atoms with Crippen LogP contribution in [0.15, 0.2) is 0 Å². The second-order valence-electron chi connectivity index (χ2n) is 5.82. The molecule has 2 saturated heterocycles. The van der Waals surface area contributed by atoms with Crippen LogP contribution in [0.25, 0.3) is 0 Å². The van der Waals surface area contributed by atoms with E-state index in [0.717, 1.165) is 32.6 Å². The third-order valence-corrected chi connectivity index (χ3v) is 4.37. The average Bonchev–Trinajstić information content (AvgIpc) is 2.92. The Morgan fingerprint density at radius 2 is 2.21 bits per heavy atom. The van der Waals surface area contributed by atoms with Gasteiger partial charge in [-0.3, -0.25) is 4.90 Å². The van der Waals surface area contributed by atoms with E-state index >= 15 is 0 Å². The first-order valence-electron chi connectivity index (χ1n) is 7.27. The first-order valence-corrected chi connectivity index (χ1v) is 7.27. The molecule has 2 rings (SSSR count). The number of fused-ring (bicyclic) bond motifs is 1. The molecule has 5 heteroatoms. The molecule has 19 heavy (non-hydrogen) atoms. The van der Waals surface area contributed by atoms with Crippen LogP contribution in [-0.2, 0) is 9.47 Å². The van der Waals surface area contributed by atoms with E-state index in [-0.39, 0.29) is 11.6 Å². The fourth-order valence-electron chi connectivity index (χ4n) is 3.38. The molecular weight excluding hydrogens is 244 g/mol. The second-order valence-corrected chi connectivity index (χ2v) is 5.82. The van der Waals surface area contributed by atoms with E-state index in [0.29, 0.717) is 12.6 Å². The van der Waals surface area contributed by atoms with Crippen LogP contribution in [0.2, 0.25) is 0 Å². The van der Waals surface area contributed by atoms with Gasteiger partial charge in [0.15, 0.2) is 0 Å². The van der Waals surface area contributed by atoms with E-state index in [2.05, 4.69) is 4.90 Å². The minimum atomic E-state index is -0.249. The Balaban J connectivity index is 1.89. The van der Waals surface area contributed by atoms with Gasteiger partial charge in [0.2, 0.25) is 0 Å². The van der Waals surface area contributed by atoms with Gasteiger partial charge in [-0.15, -0.1) is 0 Å². The first kappa shape index (κ1) is 14.6. The summed E-state index contributed by atoms with van der Waals surface area (Å²) in [5, 5.41) is 0. The number of amides is 1. The van der Waals surface area contributed by atoms with Gasteiger partial charge in [-0.25, -0.2) is 4.79 Å². The number of hydrogen-bond donors (Lipinski definition) is 0. The topological polar surface area (TPSA) is 42.0 Å². The predicted molar refractivity (Wildman–Crippen MR) is 73.2 cm³/mol. The summed E-state index contributed by atoms with van der Waals surface area (Å²) in [5.74, 6) is 0. The maximum Gasteiger partial charge on any atom is 0.409 e. The lowest BCUT2D eigenvalue weighted by atomic mass is 9.95. The van der Waals surface area contributed by atoms with Crippen LogP contribution in [0.4, 0.5) is 4.79 Å². The molecule has 0 aliphatic carbocycles. The third kappa shape index (κ3) is 3.03. The molecule has 2 heterocycles. The van der Waals surface area contributed by atoms with Crippen molar-refractivity contribution < 1.29 is 14.3 Å². The van der Waals surface area contributed by atoms with Gasteiger partial charge >= 0.3 is 6.09 Å². The highest BCUT2D eigenvalue weighted by molar-refractivity contribution is 5.66. The molecule has 0 aromatic heterocycles. The lowest BCUT2D eigenvalue weighted by Gasteiger charge is -2.34. The highest BCUT2D eigenvalue weighted by atomic mass is 16.6.